The average Bonchev–Trinajstić information content (AvgIpc) is 3.03. The first-order valence-corrected chi connectivity index (χ1v) is 13.3. The number of carbonyl (C=O) groups is 3. The van der Waals surface area contributed by atoms with Gasteiger partial charge in [0.25, 0.3) is 5.91 Å². The first kappa shape index (κ1) is 33.2. The number of ether oxygens (including phenoxy) is 2. The summed E-state index contributed by atoms with van der Waals surface area (Å²) >= 11 is 0. The number of carbonyl (C=O) groups excluding carboxylic acids is 3. The molecule has 0 spiro atoms. The molecule has 0 saturated carbocycles. The maximum absolute atomic E-state index is 12.8. The van der Waals surface area contributed by atoms with Crippen molar-refractivity contribution in [2.45, 2.75) is 13.8 Å². The highest BCUT2D eigenvalue weighted by Crippen LogP contribution is 2.28. The van der Waals surface area contributed by atoms with E-state index in [1.54, 1.807) is 47.4 Å². The van der Waals surface area contributed by atoms with Crippen LogP contribution in [0.25, 0.3) is 0 Å². The number of amides is 4. The molecule has 0 bridgehead atoms. The predicted octanol–water partition coefficient (Wildman–Crippen LogP) is 4.07. The zero-order valence-electron chi connectivity index (χ0n) is 24.3. The van der Waals surface area contributed by atoms with Gasteiger partial charge < -0.3 is 36.1 Å². The molecule has 4 rings (SSSR count). The molecular formula is C29H38N8O5. The maximum atomic E-state index is 12.8. The minimum Gasteiger partial charge on any atom is -0.495 e. The van der Waals surface area contributed by atoms with Crippen LogP contribution in [0.15, 0.2) is 67.4 Å². The molecule has 2 heterocycles. The fourth-order valence-electron chi connectivity index (χ4n) is 3.63. The van der Waals surface area contributed by atoms with E-state index in [0.717, 1.165) is 6.08 Å². The van der Waals surface area contributed by atoms with Crippen molar-refractivity contribution in [1.29, 1.82) is 0 Å². The van der Waals surface area contributed by atoms with E-state index < -0.39 is 6.03 Å². The number of benzene rings is 2. The third-order valence-corrected chi connectivity index (χ3v) is 5.46. The summed E-state index contributed by atoms with van der Waals surface area (Å²) in [6, 6.07) is 12.7. The summed E-state index contributed by atoms with van der Waals surface area (Å²) in [5, 5.41) is 11.0. The second-order valence-electron chi connectivity index (χ2n) is 8.06. The van der Waals surface area contributed by atoms with Crippen molar-refractivity contribution < 1.29 is 23.9 Å². The van der Waals surface area contributed by atoms with Crippen molar-refractivity contribution in [1.82, 2.24) is 14.9 Å². The molecule has 2 aromatic carbocycles. The molecule has 1 fully saturated rings. The lowest BCUT2D eigenvalue weighted by atomic mass is 10.1. The summed E-state index contributed by atoms with van der Waals surface area (Å²) in [6.07, 6.45) is 2.64. The van der Waals surface area contributed by atoms with E-state index in [9.17, 15) is 14.4 Å². The normalized spacial score (nSPS) is 11.8. The lowest BCUT2D eigenvalue weighted by molar-refractivity contribution is -0.111. The Morgan fingerprint density at radius 3 is 2.36 bits per heavy atom. The summed E-state index contributed by atoms with van der Waals surface area (Å²) in [5.41, 5.74) is 6.52. The van der Waals surface area contributed by atoms with Crippen LogP contribution in [-0.2, 0) is 9.53 Å². The fourth-order valence-corrected chi connectivity index (χ4v) is 3.63. The van der Waals surface area contributed by atoms with Gasteiger partial charge in [-0.1, -0.05) is 26.5 Å². The summed E-state index contributed by atoms with van der Waals surface area (Å²) in [6.45, 7) is 9.53. The smallest absolute Gasteiger partial charge is 0.324 e. The van der Waals surface area contributed by atoms with Crippen molar-refractivity contribution in [3.8, 4) is 5.75 Å². The summed E-state index contributed by atoms with van der Waals surface area (Å²) < 4.78 is 10.8. The van der Waals surface area contributed by atoms with Gasteiger partial charge in [-0.05, 0) is 55.6 Å². The van der Waals surface area contributed by atoms with E-state index in [4.69, 9.17) is 9.47 Å². The Hall–Kier alpha value is -5.01. The molecule has 6 N–H and O–H groups in total. The largest absolute Gasteiger partial charge is 0.495 e. The molecular weight excluding hydrogens is 540 g/mol. The molecule has 1 aromatic heterocycles. The van der Waals surface area contributed by atoms with E-state index in [1.165, 1.54) is 26.4 Å². The van der Waals surface area contributed by atoms with Crippen LogP contribution in [0, 0.1) is 0 Å². The second kappa shape index (κ2) is 17.6. The van der Waals surface area contributed by atoms with E-state index in [2.05, 4.69) is 43.5 Å². The van der Waals surface area contributed by atoms with Crippen LogP contribution in [-0.4, -0.2) is 73.2 Å². The quantitative estimate of drug-likeness (QED) is 0.247. The molecule has 1 saturated heterocycles. The highest BCUT2D eigenvalue weighted by molar-refractivity contribution is 6.01. The van der Waals surface area contributed by atoms with Gasteiger partial charge in [-0.25, -0.2) is 9.78 Å². The lowest BCUT2D eigenvalue weighted by Gasteiger charge is -2.27. The average molecular weight is 579 g/mol. The maximum Gasteiger partial charge on any atom is 0.324 e. The molecule has 13 nitrogen and oxygen atoms in total. The van der Waals surface area contributed by atoms with Gasteiger partial charge in [0, 0.05) is 36.2 Å². The van der Waals surface area contributed by atoms with Crippen LogP contribution in [0.2, 0.25) is 0 Å². The number of methoxy groups -OCH3 is 1. The predicted molar refractivity (Wildman–Crippen MR) is 164 cm³/mol. The van der Waals surface area contributed by atoms with E-state index in [0.29, 0.717) is 54.7 Å². The summed E-state index contributed by atoms with van der Waals surface area (Å²) in [5.74, 6) is 0.437. The number of aromatic nitrogens is 2. The van der Waals surface area contributed by atoms with Crippen molar-refractivity contribution in [3.05, 3.63) is 72.9 Å². The van der Waals surface area contributed by atoms with Gasteiger partial charge in [0.15, 0.2) is 0 Å². The van der Waals surface area contributed by atoms with Crippen molar-refractivity contribution in [2.24, 2.45) is 5.73 Å². The van der Waals surface area contributed by atoms with Crippen LogP contribution < -0.4 is 31.7 Å². The Bertz CT molecular complexity index is 1350. The number of hydrogen-bond donors (Lipinski definition) is 5. The minimum absolute atomic E-state index is 0.0970. The van der Waals surface area contributed by atoms with Gasteiger partial charge in [0.1, 0.15) is 11.6 Å². The standard InChI is InChI=1S/C26H27N7O5.C2H6.CH5N/c1-3-23(34)28-18-5-4-6-19(16-18)29-26(36)32-22-9-10-27-25(31-22)30-20-8-7-17(15-21(20)37-2)24(35)33-11-13-38-14-12-33;2*1-2/h3-10,15-16H,1,11-14H2,2H3,(H,28,34)(H3,27,29,30,31,32,36);1-2H3;2H2,1H3. The number of nitrogens with one attached hydrogen (secondary N) is 4. The molecule has 3 aromatic rings. The van der Waals surface area contributed by atoms with Gasteiger partial charge in [-0.3, -0.25) is 14.9 Å². The van der Waals surface area contributed by atoms with E-state index in [1.807, 2.05) is 13.8 Å². The first-order chi connectivity index (χ1) is 20.4. The first-order valence-electron chi connectivity index (χ1n) is 13.3. The molecule has 224 valence electrons. The summed E-state index contributed by atoms with van der Waals surface area (Å²) in [4.78, 5) is 47.0. The molecule has 0 aliphatic carbocycles. The number of hydrogen-bond acceptors (Lipinski definition) is 9. The van der Waals surface area contributed by atoms with Crippen LogP contribution >= 0.6 is 0 Å². The number of anilines is 5. The Morgan fingerprint density at radius 2 is 1.69 bits per heavy atom. The molecule has 0 unspecified atom stereocenters. The van der Waals surface area contributed by atoms with Gasteiger partial charge in [0.2, 0.25) is 11.9 Å². The van der Waals surface area contributed by atoms with Crippen molar-refractivity contribution in [2.75, 3.05) is 61.7 Å². The van der Waals surface area contributed by atoms with Gasteiger partial charge >= 0.3 is 6.03 Å². The van der Waals surface area contributed by atoms with Crippen molar-refractivity contribution in [3.63, 3.8) is 0 Å². The number of rotatable bonds is 8. The Morgan fingerprint density at radius 1 is 1.00 bits per heavy atom. The molecule has 42 heavy (non-hydrogen) atoms. The van der Waals surface area contributed by atoms with Crippen LogP contribution in [0.4, 0.5) is 33.6 Å². The third-order valence-electron chi connectivity index (χ3n) is 5.46. The van der Waals surface area contributed by atoms with Crippen molar-refractivity contribution >= 4 is 46.7 Å². The monoisotopic (exact) mass is 578 g/mol. The number of nitrogens with zero attached hydrogens (tertiary/aromatic N) is 3. The third kappa shape index (κ3) is 9.87. The molecule has 0 atom stereocenters. The zero-order valence-corrected chi connectivity index (χ0v) is 24.3. The number of nitrogens with two attached hydrogens (primary N) is 1. The van der Waals surface area contributed by atoms with Crippen LogP contribution in [0.1, 0.15) is 24.2 Å². The molecule has 0 radical (unpaired) electrons. The summed E-state index contributed by atoms with van der Waals surface area (Å²) in [7, 11) is 3.00. The fraction of sp³-hybridized carbons (Fsp3) is 0.276. The Kier molecular flexibility index (Phi) is 13.9. The van der Waals surface area contributed by atoms with Crippen LogP contribution in [0.5, 0.6) is 5.75 Å². The minimum atomic E-state index is -0.537. The Labute approximate surface area is 245 Å². The number of morpholine rings is 1. The van der Waals surface area contributed by atoms with E-state index in [-0.39, 0.29) is 23.6 Å². The molecule has 1 aliphatic rings. The zero-order chi connectivity index (χ0) is 30.9. The van der Waals surface area contributed by atoms with Gasteiger partial charge in [-0.2, -0.15) is 4.98 Å². The topological polar surface area (TPSA) is 173 Å². The lowest BCUT2D eigenvalue weighted by Crippen LogP contribution is -2.40. The molecule has 13 heteroatoms. The molecule has 1 aliphatic heterocycles. The van der Waals surface area contributed by atoms with Gasteiger partial charge in [0.05, 0.1) is 26.0 Å². The molecule has 4 amide bonds. The Balaban J connectivity index is 0.00000148. The van der Waals surface area contributed by atoms with Gasteiger partial charge in [-0.15, -0.1) is 0 Å². The number of urea groups is 1. The SMILES string of the molecule is C=CC(=O)Nc1cccc(NC(=O)Nc2ccnc(Nc3ccc(C(=O)N4CCOCC4)cc3OC)n2)c1.CC.CN. The van der Waals surface area contributed by atoms with Crippen LogP contribution in [0.3, 0.4) is 0 Å². The van der Waals surface area contributed by atoms with E-state index >= 15 is 0 Å². The second-order valence-corrected chi connectivity index (χ2v) is 8.06. The highest BCUT2D eigenvalue weighted by Gasteiger charge is 2.20. The highest BCUT2D eigenvalue weighted by atomic mass is 16.5.